The van der Waals surface area contributed by atoms with Crippen LogP contribution in [0.25, 0.3) is 0 Å². The summed E-state index contributed by atoms with van der Waals surface area (Å²) in [5, 5.41) is 8.73. The van der Waals surface area contributed by atoms with Crippen LogP contribution in [-0.2, 0) is 17.1 Å². The first-order chi connectivity index (χ1) is 6.33. The van der Waals surface area contributed by atoms with Gasteiger partial charge in [-0.2, -0.15) is 8.42 Å². The molecule has 0 fully saturated rings. The molecule has 0 aliphatic carbocycles. The predicted octanol–water partition coefficient (Wildman–Crippen LogP) is 1.21. The summed E-state index contributed by atoms with van der Waals surface area (Å²) in [5.74, 6) is 0.173. The van der Waals surface area contributed by atoms with Crippen molar-refractivity contribution in [3.63, 3.8) is 0 Å². The summed E-state index contributed by atoms with van der Waals surface area (Å²) in [6.45, 7) is -0.472. The Bertz CT molecular complexity index is 350. The molecule has 0 aliphatic rings. The van der Waals surface area contributed by atoms with Crippen molar-refractivity contribution in [3.8, 4) is 5.75 Å². The van der Waals surface area contributed by atoms with Crippen molar-refractivity contribution >= 4 is 10.4 Å². The van der Waals surface area contributed by atoms with E-state index >= 15 is 0 Å². The molecule has 0 saturated carbocycles. The van der Waals surface area contributed by atoms with E-state index < -0.39 is 17.1 Å². The number of hydrogen-bond acceptors (Lipinski definition) is 3. The molecular formula is C7H9FO5S. The number of alkyl halides is 1. The highest BCUT2D eigenvalue weighted by Gasteiger charge is 1.88. The third-order valence-electron chi connectivity index (χ3n) is 1.09. The van der Waals surface area contributed by atoms with E-state index in [1.807, 2.05) is 0 Å². The number of halogens is 1. The summed E-state index contributed by atoms with van der Waals surface area (Å²) in [5.41, 5.74) is 0.591. The molecular weight excluding hydrogens is 215 g/mol. The molecule has 0 bridgehead atoms. The number of phenols is 1. The number of rotatable bonds is 1. The fraction of sp³-hybridized carbons (Fsp3) is 0.143. The summed E-state index contributed by atoms with van der Waals surface area (Å²) in [6, 6.07) is 6.04. The van der Waals surface area contributed by atoms with Crippen molar-refractivity contribution in [2.75, 3.05) is 0 Å². The molecule has 0 aromatic heterocycles. The Morgan fingerprint density at radius 3 is 1.79 bits per heavy atom. The van der Waals surface area contributed by atoms with Crippen molar-refractivity contribution in [1.29, 1.82) is 0 Å². The average molecular weight is 224 g/mol. The standard InChI is InChI=1S/C7H7FO.H2O4S/c8-5-6-1-3-7(9)4-2-6;1-5(2,3)4/h1-4,9H,5H2;(H2,1,2,3,4). The molecule has 0 amide bonds. The van der Waals surface area contributed by atoms with Crippen LogP contribution in [0.3, 0.4) is 0 Å². The van der Waals surface area contributed by atoms with Gasteiger partial charge in [0.1, 0.15) is 12.4 Å². The molecule has 1 rings (SSSR count). The molecule has 0 atom stereocenters. The van der Waals surface area contributed by atoms with E-state index in [1.165, 1.54) is 12.1 Å². The Morgan fingerprint density at radius 1 is 1.14 bits per heavy atom. The van der Waals surface area contributed by atoms with Crippen LogP contribution >= 0.6 is 0 Å². The fourth-order valence-corrected chi connectivity index (χ4v) is 0.585. The van der Waals surface area contributed by atoms with Crippen molar-refractivity contribution in [3.05, 3.63) is 29.8 Å². The quantitative estimate of drug-likeness (QED) is 0.623. The molecule has 3 N–H and O–H groups in total. The molecule has 1 aromatic rings. The van der Waals surface area contributed by atoms with E-state index in [4.69, 9.17) is 22.6 Å². The van der Waals surface area contributed by atoms with Crippen molar-refractivity contribution in [2.45, 2.75) is 6.67 Å². The Morgan fingerprint density at radius 2 is 1.50 bits per heavy atom. The van der Waals surface area contributed by atoms with Gasteiger partial charge in [0, 0.05) is 0 Å². The van der Waals surface area contributed by atoms with Crippen LogP contribution in [0.15, 0.2) is 24.3 Å². The topological polar surface area (TPSA) is 94.8 Å². The van der Waals surface area contributed by atoms with Gasteiger partial charge in [0.05, 0.1) is 0 Å². The van der Waals surface area contributed by atoms with Gasteiger partial charge in [-0.15, -0.1) is 0 Å². The van der Waals surface area contributed by atoms with Gasteiger partial charge in [0.15, 0.2) is 0 Å². The third kappa shape index (κ3) is 8.91. The maximum Gasteiger partial charge on any atom is 0.394 e. The number of benzene rings is 1. The Balaban J connectivity index is 0.000000292. The molecule has 0 spiro atoms. The van der Waals surface area contributed by atoms with Gasteiger partial charge >= 0.3 is 10.4 Å². The van der Waals surface area contributed by atoms with Crippen LogP contribution in [0, 0.1) is 0 Å². The highest BCUT2D eigenvalue weighted by atomic mass is 32.3. The zero-order chi connectivity index (χ0) is 11.2. The Hall–Kier alpha value is -1.18. The lowest BCUT2D eigenvalue weighted by molar-refractivity contribution is 0.381. The summed E-state index contributed by atoms with van der Waals surface area (Å²) >= 11 is 0. The third-order valence-corrected chi connectivity index (χ3v) is 1.09. The first-order valence-corrected chi connectivity index (χ1v) is 4.76. The largest absolute Gasteiger partial charge is 0.508 e. The van der Waals surface area contributed by atoms with Crippen molar-refractivity contribution < 1.29 is 27.0 Å². The van der Waals surface area contributed by atoms with Crippen LogP contribution in [-0.4, -0.2) is 22.6 Å². The number of hydrogen-bond donors (Lipinski definition) is 3. The maximum absolute atomic E-state index is 11.8. The second-order valence-electron chi connectivity index (χ2n) is 2.25. The van der Waals surface area contributed by atoms with Gasteiger partial charge in [-0.05, 0) is 17.7 Å². The van der Waals surface area contributed by atoms with E-state index in [-0.39, 0.29) is 5.75 Å². The van der Waals surface area contributed by atoms with Gasteiger partial charge in [-0.3, -0.25) is 9.11 Å². The summed E-state index contributed by atoms with van der Waals surface area (Å²) in [7, 11) is -4.67. The minimum Gasteiger partial charge on any atom is -0.508 e. The Labute approximate surface area is 80.4 Å². The molecule has 0 unspecified atom stereocenters. The zero-order valence-electron chi connectivity index (χ0n) is 6.96. The summed E-state index contributed by atoms with van der Waals surface area (Å²) in [4.78, 5) is 0. The molecule has 80 valence electrons. The molecule has 14 heavy (non-hydrogen) atoms. The molecule has 1 aromatic carbocycles. The van der Waals surface area contributed by atoms with E-state index in [0.29, 0.717) is 5.56 Å². The Kier molecular flexibility index (Phi) is 5.06. The van der Waals surface area contributed by atoms with E-state index in [1.54, 1.807) is 12.1 Å². The lowest BCUT2D eigenvalue weighted by Gasteiger charge is -1.91. The molecule has 0 heterocycles. The minimum atomic E-state index is -4.67. The average Bonchev–Trinajstić information content (AvgIpc) is 2.03. The first-order valence-electron chi connectivity index (χ1n) is 3.36. The molecule has 0 saturated heterocycles. The van der Waals surface area contributed by atoms with Gasteiger partial charge < -0.3 is 5.11 Å². The van der Waals surface area contributed by atoms with Gasteiger partial charge in [-0.25, -0.2) is 4.39 Å². The van der Waals surface area contributed by atoms with E-state index in [9.17, 15) is 4.39 Å². The summed E-state index contributed by atoms with van der Waals surface area (Å²) < 4.78 is 43.4. The highest BCUT2D eigenvalue weighted by molar-refractivity contribution is 7.79. The van der Waals surface area contributed by atoms with Crippen molar-refractivity contribution in [2.24, 2.45) is 0 Å². The number of phenolic OH excluding ortho intramolecular Hbond substituents is 1. The van der Waals surface area contributed by atoms with Gasteiger partial charge in [0.25, 0.3) is 0 Å². The zero-order valence-corrected chi connectivity index (χ0v) is 7.78. The van der Waals surface area contributed by atoms with Gasteiger partial charge in [-0.1, -0.05) is 12.1 Å². The van der Waals surface area contributed by atoms with Crippen molar-refractivity contribution in [1.82, 2.24) is 0 Å². The van der Waals surface area contributed by atoms with Crippen LogP contribution in [0.4, 0.5) is 4.39 Å². The SMILES string of the molecule is O=S(=O)(O)O.Oc1ccc(CF)cc1. The number of aromatic hydroxyl groups is 1. The minimum absolute atomic E-state index is 0.173. The smallest absolute Gasteiger partial charge is 0.394 e. The summed E-state index contributed by atoms with van der Waals surface area (Å²) in [6.07, 6.45) is 0. The lowest BCUT2D eigenvalue weighted by atomic mass is 10.2. The maximum atomic E-state index is 11.8. The van der Waals surface area contributed by atoms with E-state index in [2.05, 4.69) is 0 Å². The van der Waals surface area contributed by atoms with Crippen LogP contribution in [0.1, 0.15) is 5.56 Å². The highest BCUT2D eigenvalue weighted by Crippen LogP contribution is 2.09. The predicted molar refractivity (Wildman–Crippen MR) is 47.1 cm³/mol. The second-order valence-corrected chi connectivity index (χ2v) is 3.14. The molecule has 7 heteroatoms. The molecule has 0 radical (unpaired) electrons. The second kappa shape index (κ2) is 5.53. The first kappa shape index (κ1) is 12.8. The van der Waals surface area contributed by atoms with Crippen LogP contribution in [0.5, 0.6) is 5.75 Å². The monoisotopic (exact) mass is 224 g/mol. The van der Waals surface area contributed by atoms with Crippen LogP contribution < -0.4 is 0 Å². The molecule has 0 aliphatic heterocycles. The fourth-order valence-electron chi connectivity index (χ4n) is 0.585. The van der Waals surface area contributed by atoms with E-state index in [0.717, 1.165) is 0 Å². The normalized spacial score (nSPS) is 10.2. The molecule has 5 nitrogen and oxygen atoms in total. The van der Waals surface area contributed by atoms with Crippen LogP contribution in [0.2, 0.25) is 0 Å². The van der Waals surface area contributed by atoms with Gasteiger partial charge in [0.2, 0.25) is 0 Å². The lowest BCUT2D eigenvalue weighted by Crippen LogP contribution is -1.89.